The van der Waals surface area contributed by atoms with E-state index in [0.29, 0.717) is 22.7 Å². The number of methoxy groups -OCH3 is 2. The van der Waals surface area contributed by atoms with Crippen molar-refractivity contribution in [3.63, 3.8) is 0 Å². The first-order valence-corrected chi connectivity index (χ1v) is 7.61. The van der Waals surface area contributed by atoms with Gasteiger partial charge in [0.15, 0.2) is 0 Å². The Labute approximate surface area is 147 Å². The summed E-state index contributed by atoms with van der Waals surface area (Å²) in [5.41, 5.74) is 3.47. The Hall–Kier alpha value is -2.40. The second-order valence-electron chi connectivity index (χ2n) is 5.42. The molecule has 0 saturated heterocycles. The fourth-order valence-corrected chi connectivity index (χ4v) is 2.80. The summed E-state index contributed by atoms with van der Waals surface area (Å²) in [4.78, 5) is 12.7. The van der Waals surface area contributed by atoms with Gasteiger partial charge < -0.3 is 20.1 Å². The van der Waals surface area contributed by atoms with Crippen molar-refractivity contribution in [1.29, 1.82) is 0 Å². The Balaban J connectivity index is 0.00000208. The van der Waals surface area contributed by atoms with Crippen LogP contribution in [0.25, 0.3) is 0 Å². The van der Waals surface area contributed by atoms with Crippen molar-refractivity contribution in [3.8, 4) is 11.5 Å². The maximum Gasteiger partial charge on any atom is 0.256 e. The number of hydrogen-bond donors (Lipinski definition) is 2. The molecule has 2 N–H and O–H groups in total. The SMILES string of the molecule is COc1cc(NC(=O)c2cccc3c2CCCN3)cc(OC)c1.Cl. The molecular formula is C18H21ClN2O3. The molecular weight excluding hydrogens is 328 g/mol. The Kier molecular flexibility index (Phi) is 5.93. The van der Waals surface area contributed by atoms with Gasteiger partial charge in [-0.05, 0) is 30.5 Å². The molecule has 24 heavy (non-hydrogen) atoms. The minimum Gasteiger partial charge on any atom is -0.497 e. The standard InChI is InChI=1S/C18H20N2O3.ClH/c1-22-13-9-12(10-14(11-13)23-2)20-18(21)16-5-3-7-17-15(16)6-4-8-19-17;/h3,5,7,9-11,19H,4,6,8H2,1-2H3,(H,20,21);1H. The zero-order valence-corrected chi connectivity index (χ0v) is 14.5. The Morgan fingerprint density at radius 3 is 2.50 bits per heavy atom. The highest BCUT2D eigenvalue weighted by Crippen LogP contribution is 2.28. The van der Waals surface area contributed by atoms with Crippen LogP contribution in [-0.2, 0) is 6.42 Å². The molecule has 0 spiro atoms. The van der Waals surface area contributed by atoms with Crippen LogP contribution in [-0.4, -0.2) is 26.7 Å². The second-order valence-corrected chi connectivity index (χ2v) is 5.42. The summed E-state index contributed by atoms with van der Waals surface area (Å²) in [7, 11) is 3.17. The molecule has 0 atom stereocenters. The predicted molar refractivity (Wildman–Crippen MR) is 98.0 cm³/mol. The maximum absolute atomic E-state index is 12.7. The van der Waals surface area contributed by atoms with Crippen LogP contribution in [0.15, 0.2) is 36.4 Å². The minimum absolute atomic E-state index is 0. The summed E-state index contributed by atoms with van der Waals surface area (Å²) in [6, 6.07) is 11.1. The smallest absolute Gasteiger partial charge is 0.256 e. The van der Waals surface area contributed by atoms with E-state index in [1.807, 2.05) is 18.2 Å². The largest absolute Gasteiger partial charge is 0.497 e. The lowest BCUT2D eigenvalue weighted by molar-refractivity contribution is 0.102. The summed E-state index contributed by atoms with van der Waals surface area (Å²) in [6.45, 7) is 0.950. The third-order valence-corrected chi connectivity index (χ3v) is 3.95. The van der Waals surface area contributed by atoms with E-state index >= 15 is 0 Å². The zero-order chi connectivity index (χ0) is 16.2. The van der Waals surface area contributed by atoms with Crippen LogP contribution in [0.1, 0.15) is 22.3 Å². The predicted octanol–water partition coefficient (Wildman–Crippen LogP) is 3.74. The van der Waals surface area contributed by atoms with Crippen LogP contribution in [0.4, 0.5) is 11.4 Å². The molecule has 2 aromatic carbocycles. The summed E-state index contributed by atoms with van der Waals surface area (Å²) in [5.74, 6) is 1.15. The molecule has 0 fully saturated rings. The summed E-state index contributed by atoms with van der Waals surface area (Å²) in [6.07, 6.45) is 1.94. The normalized spacial score (nSPS) is 12.2. The van der Waals surface area contributed by atoms with E-state index in [1.165, 1.54) is 0 Å². The van der Waals surface area contributed by atoms with Gasteiger partial charge >= 0.3 is 0 Å². The summed E-state index contributed by atoms with van der Waals surface area (Å²) in [5, 5.41) is 6.27. The van der Waals surface area contributed by atoms with Crippen LogP contribution in [0.5, 0.6) is 11.5 Å². The molecule has 0 radical (unpaired) electrons. The molecule has 1 amide bonds. The first-order valence-electron chi connectivity index (χ1n) is 7.61. The number of carbonyl (C=O) groups is 1. The molecule has 0 saturated carbocycles. The Bertz CT molecular complexity index is 712. The van der Waals surface area contributed by atoms with E-state index in [0.717, 1.165) is 30.6 Å². The number of fused-ring (bicyclic) bond motifs is 1. The molecule has 5 nitrogen and oxygen atoms in total. The average molecular weight is 349 g/mol. The van der Waals surface area contributed by atoms with Crippen molar-refractivity contribution in [1.82, 2.24) is 0 Å². The lowest BCUT2D eigenvalue weighted by atomic mass is 9.97. The first-order chi connectivity index (χ1) is 11.2. The first kappa shape index (κ1) is 17.9. The van der Waals surface area contributed by atoms with Gasteiger partial charge in [0.2, 0.25) is 0 Å². The molecule has 1 heterocycles. The van der Waals surface area contributed by atoms with E-state index < -0.39 is 0 Å². The summed E-state index contributed by atoms with van der Waals surface area (Å²) >= 11 is 0. The zero-order valence-electron chi connectivity index (χ0n) is 13.7. The van der Waals surface area contributed by atoms with Crippen molar-refractivity contribution in [2.45, 2.75) is 12.8 Å². The van der Waals surface area contributed by atoms with Crippen LogP contribution in [0.2, 0.25) is 0 Å². The quantitative estimate of drug-likeness (QED) is 0.883. The number of halogens is 1. The highest BCUT2D eigenvalue weighted by Gasteiger charge is 2.17. The molecule has 1 aliphatic rings. The molecule has 3 rings (SSSR count). The van der Waals surface area contributed by atoms with Gasteiger partial charge in [0.25, 0.3) is 5.91 Å². The number of benzene rings is 2. The van der Waals surface area contributed by atoms with Gasteiger partial charge in [-0.25, -0.2) is 0 Å². The molecule has 0 bridgehead atoms. The molecule has 6 heteroatoms. The number of nitrogens with one attached hydrogen (secondary N) is 2. The van der Waals surface area contributed by atoms with Gasteiger partial charge in [-0.2, -0.15) is 0 Å². The van der Waals surface area contributed by atoms with Crippen LogP contribution >= 0.6 is 12.4 Å². The van der Waals surface area contributed by atoms with E-state index in [-0.39, 0.29) is 18.3 Å². The highest BCUT2D eigenvalue weighted by molar-refractivity contribution is 6.06. The van der Waals surface area contributed by atoms with Crippen molar-refractivity contribution in [2.75, 3.05) is 31.4 Å². The van der Waals surface area contributed by atoms with Gasteiger partial charge in [0.05, 0.1) is 14.2 Å². The fourth-order valence-electron chi connectivity index (χ4n) is 2.80. The number of carbonyl (C=O) groups excluding carboxylic acids is 1. The van der Waals surface area contributed by atoms with Gasteiger partial charge in [0, 0.05) is 41.7 Å². The van der Waals surface area contributed by atoms with Crippen molar-refractivity contribution >= 4 is 29.7 Å². The maximum atomic E-state index is 12.7. The average Bonchev–Trinajstić information content (AvgIpc) is 2.60. The number of amides is 1. The van der Waals surface area contributed by atoms with Crippen LogP contribution in [0.3, 0.4) is 0 Å². The topological polar surface area (TPSA) is 59.6 Å². The minimum atomic E-state index is -0.124. The molecule has 0 aromatic heterocycles. The third-order valence-electron chi connectivity index (χ3n) is 3.95. The van der Waals surface area contributed by atoms with E-state index in [9.17, 15) is 4.79 Å². The lowest BCUT2D eigenvalue weighted by Gasteiger charge is -2.20. The lowest BCUT2D eigenvalue weighted by Crippen LogP contribution is -2.19. The van der Waals surface area contributed by atoms with E-state index in [2.05, 4.69) is 10.6 Å². The Morgan fingerprint density at radius 1 is 1.12 bits per heavy atom. The van der Waals surface area contributed by atoms with Gasteiger partial charge in [-0.15, -0.1) is 12.4 Å². The monoisotopic (exact) mass is 348 g/mol. The van der Waals surface area contributed by atoms with Crippen molar-refractivity contribution in [2.24, 2.45) is 0 Å². The summed E-state index contributed by atoms with van der Waals surface area (Å²) < 4.78 is 10.5. The molecule has 128 valence electrons. The molecule has 1 aliphatic heterocycles. The fraction of sp³-hybridized carbons (Fsp3) is 0.278. The van der Waals surface area contributed by atoms with Gasteiger partial charge in [0.1, 0.15) is 11.5 Å². The third kappa shape index (κ3) is 3.74. The van der Waals surface area contributed by atoms with E-state index in [4.69, 9.17) is 9.47 Å². The second kappa shape index (κ2) is 7.93. The molecule has 0 unspecified atom stereocenters. The number of rotatable bonds is 4. The van der Waals surface area contributed by atoms with Crippen molar-refractivity contribution in [3.05, 3.63) is 47.5 Å². The van der Waals surface area contributed by atoms with Crippen molar-refractivity contribution < 1.29 is 14.3 Å². The molecule has 0 aliphatic carbocycles. The highest BCUT2D eigenvalue weighted by atomic mass is 35.5. The van der Waals surface area contributed by atoms with Gasteiger partial charge in [-0.1, -0.05) is 6.07 Å². The number of ether oxygens (including phenoxy) is 2. The molecule has 2 aromatic rings. The van der Waals surface area contributed by atoms with Crippen LogP contribution < -0.4 is 20.1 Å². The Morgan fingerprint density at radius 2 is 1.83 bits per heavy atom. The van der Waals surface area contributed by atoms with Gasteiger partial charge in [-0.3, -0.25) is 4.79 Å². The number of anilines is 2. The van der Waals surface area contributed by atoms with Crippen LogP contribution in [0, 0.1) is 0 Å². The van der Waals surface area contributed by atoms with E-state index in [1.54, 1.807) is 32.4 Å². The number of hydrogen-bond acceptors (Lipinski definition) is 4.